The van der Waals surface area contributed by atoms with Crippen LogP contribution in [0.4, 0.5) is 0 Å². The number of rotatable bonds is 7. The van der Waals surface area contributed by atoms with Crippen LogP contribution in [0.5, 0.6) is 0 Å². The van der Waals surface area contributed by atoms with Crippen LogP contribution in [0.25, 0.3) is 0 Å². The summed E-state index contributed by atoms with van der Waals surface area (Å²) >= 11 is 0. The summed E-state index contributed by atoms with van der Waals surface area (Å²) in [5.74, 6) is -0.716. The Morgan fingerprint density at radius 3 is 2.96 bits per heavy atom. The summed E-state index contributed by atoms with van der Waals surface area (Å²) in [5.41, 5.74) is 0.282. The molecule has 0 saturated carbocycles. The summed E-state index contributed by atoms with van der Waals surface area (Å²) in [5, 5.41) is 0. The van der Waals surface area contributed by atoms with Crippen molar-refractivity contribution in [3.63, 3.8) is 0 Å². The highest BCUT2D eigenvalue weighted by molar-refractivity contribution is 5.86. The maximum atomic E-state index is 12.3. The molecule has 124 valence electrons. The first-order valence-electron chi connectivity index (χ1n) is 7.93. The highest BCUT2D eigenvalue weighted by Gasteiger charge is 2.37. The molecule has 1 aromatic rings. The first-order valence-corrected chi connectivity index (χ1v) is 7.93. The second-order valence-corrected chi connectivity index (χ2v) is 6.50. The molecule has 2 heterocycles. The van der Waals surface area contributed by atoms with E-state index in [4.69, 9.17) is 4.74 Å². The molecule has 1 fully saturated rings. The van der Waals surface area contributed by atoms with Crippen LogP contribution in [0, 0.1) is 5.92 Å². The second kappa shape index (κ2) is 7.40. The van der Waals surface area contributed by atoms with E-state index in [0.717, 1.165) is 18.5 Å². The van der Waals surface area contributed by atoms with Gasteiger partial charge in [0.2, 0.25) is 5.91 Å². The molecule has 1 aliphatic heterocycles. The van der Waals surface area contributed by atoms with Crippen molar-refractivity contribution in [2.45, 2.75) is 45.3 Å². The highest BCUT2D eigenvalue weighted by atomic mass is 16.6. The van der Waals surface area contributed by atoms with Gasteiger partial charge in [-0.25, -0.2) is 0 Å². The minimum absolute atomic E-state index is 0.0264. The molecule has 0 spiro atoms. The van der Waals surface area contributed by atoms with E-state index in [-0.39, 0.29) is 18.3 Å². The summed E-state index contributed by atoms with van der Waals surface area (Å²) in [6.45, 7) is 8.28. The van der Waals surface area contributed by atoms with Crippen LogP contribution in [0.1, 0.15) is 38.8 Å². The van der Waals surface area contributed by atoms with E-state index >= 15 is 0 Å². The zero-order valence-corrected chi connectivity index (χ0v) is 13.8. The Bertz CT molecular complexity index is 569. The van der Waals surface area contributed by atoms with Crippen molar-refractivity contribution in [2.75, 3.05) is 6.54 Å². The van der Waals surface area contributed by atoms with Crippen molar-refractivity contribution in [3.8, 4) is 0 Å². The van der Waals surface area contributed by atoms with Gasteiger partial charge in [0.05, 0.1) is 18.2 Å². The van der Waals surface area contributed by atoms with E-state index in [9.17, 15) is 9.59 Å². The van der Waals surface area contributed by atoms with E-state index in [1.165, 1.54) is 0 Å². The number of carbonyl (C=O) groups excluding carboxylic acids is 2. The number of carbonyl (C=O) groups is 2. The summed E-state index contributed by atoms with van der Waals surface area (Å²) in [6.07, 6.45) is 5.23. The molecule has 1 aliphatic rings. The lowest BCUT2D eigenvalue weighted by Gasteiger charge is -2.26. The fraction of sp³-hybridized carbons (Fsp3) is 0.500. The molecule has 23 heavy (non-hydrogen) atoms. The third kappa shape index (κ3) is 4.91. The number of allylic oxidation sites excluding steroid dienone is 1. The third-order valence-corrected chi connectivity index (χ3v) is 3.95. The van der Waals surface area contributed by atoms with E-state index in [2.05, 4.69) is 11.6 Å². The van der Waals surface area contributed by atoms with Crippen molar-refractivity contribution in [1.82, 2.24) is 9.88 Å². The van der Waals surface area contributed by atoms with Gasteiger partial charge in [0.25, 0.3) is 0 Å². The maximum Gasteiger partial charge on any atom is 0.311 e. The average Bonchev–Trinajstić information content (AvgIpc) is 2.87. The van der Waals surface area contributed by atoms with Crippen LogP contribution < -0.4 is 0 Å². The smallest absolute Gasteiger partial charge is 0.311 e. The number of aromatic nitrogens is 1. The van der Waals surface area contributed by atoms with Crippen molar-refractivity contribution in [2.24, 2.45) is 5.92 Å². The molecule has 0 bridgehead atoms. The summed E-state index contributed by atoms with van der Waals surface area (Å²) in [4.78, 5) is 30.3. The molecule has 5 heteroatoms. The lowest BCUT2D eigenvalue weighted by molar-refractivity contribution is -0.161. The molecule has 0 radical (unpaired) electrons. The number of amides is 1. The van der Waals surface area contributed by atoms with Gasteiger partial charge in [-0.1, -0.05) is 12.1 Å². The number of hydrogen-bond donors (Lipinski definition) is 0. The fourth-order valence-electron chi connectivity index (χ4n) is 2.63. The largest absolute Gasteiger partial charge is 0.459 e. The Labute approximate surface area is 137 Å². The van der Waals surface area contributed by atoms with Crippen LogP contribution in [-0.4, -0.2) is 33.9 Å². The predicted octanol–water partition coefficient (Wildman–Crippen LogP) is 2.72. The zero-order valence-electron chi connectivity index (χ0n) is 13.8. The quantitative estimate of drug-likeness (QED) is 0.573. The Morgan fingerprint density at radius 2 is 2.30 bits per heavy atom. The van der Waals surface area contributed by atoms with E-state index < -0.39 is 11.5 Å². The fourth-order valence-corrected chi connectivity index (χ4v) is 2.63. The van der Waals surface area contributed by atoms with Crippen LogP contribution in [0.15, 0.2) is 37.1 Å². The zero-order chi connectivity index (χ0) is 16.9. The minimum atomic E-state index is -0.539. The van der Waals surface area contributed by atoms with Crippen LogP contribution in [0.2, 0.25) is 0 Å². The van der Waals surface area contributed by atoms with Crippen molar-refractivity contribution < 1.29 is 14.3 Å². The van der Waals surface area contributed by atoms with Crippen molar-refractivity contribution in [1.29, 1.82) is 0 Å². The number of likely N-dealkylation sites (tertiary alicyclic amines) is 1. The normalized spacial score (nSPS) is 18.1. The standard InChI is InChI=1S/C18H24N2O3/c1-4-5-9-18(2,3)23-17(22)14-11-16(21)20(12-14)13-15-8-6-7-10-19-15/h4,6-8,10,14H,1,5,9,11-13H2,2-3H3/t14-/m0/s1. The van der Waals surface area contributed by atoms with Crippen molar-refractivity contribution in [3.05, 3.63) is 42.7 Å². The molecular weight excluding hydrogens is 292 g/mol. The topological polar surface area (TPSA) is 59.5 Å². The summed E-state index contributed by atoms with van der Waals surface area (Å²) in [6, 6.07) is 5.59. The van der Waals surface area contributed by atoms with Gasteiger partial charge in [0.15, 0.2) is 0 Å². The maximum absolute atomic E-state index is 12.3. The van der Waals surface area contributed by atoms with Gasteiger partial charge in [-0.15, -0.1) is 6.58 Å². The SMILES string of the molecule is C=CCCC(C)(C)OC(=O)[C@H]1CC(=O)N(Cc2ccccn2)C1. The van der Waals surface area contributed by atoms with Crippen LogP contribution in [-0.2, 0) is 20.9 Å². The Balaban J connectivity index is 1.91. The Hall–Kier alpha value is -2.17. The molecule has 1 atom stereocenters. The minimum Gasteiger partial charge on any atom is -0.459 e. The summed E-state index contributed by atoms with van der Waals surface area (Å²) < 4.78 is 5.59. The molecule has 1 saturated heterocycles. The molecule has 0 aliphatic carbocycles. The van der Waals surface area contributed by atoms with Gasteiger partial charge in [0.1, 0.15) is 5.60 Å². The number of nitrogens with zero attached hydrogens (tertiary/aromatic N) is 2. The summed E-state index contributed by atoms with van der Waals surface area (Å²) in [7, 11) is 0. The van der Waals surface area contributed by atoms with Gasteiger partial charge < -0.3 is 9.64 Å². The first kappa shape index (κ1) is 17.2. The highest BCUT2D eigenvalue weighted by Crippen LogP contribution is 2.25. The number of esters is 1. The van der Waals surface area contributed by atoms with Crippen LogP contribution >= 0.6 is 0 Å². The first-order chi connectivity index (χ1) is 10.9. The monoisotopic (exact) mass is 316 g/mol. The Kier molecular flexibility index (Phi) is 5.53. The second-order valence-electron chi connectivity index (χ2n) is 6.50. The van der Waals surface area contributed by atoms with E-state index in [0.29, 0.717) is 13.1 Å². The number of hydrogen-bond acceptors (Lipinski definition) is 4. The van der Waals surface area contributed by atoms with Gasteiger partial charge in [-0.2, -0.15) is 0 Å². The number of pyridine rings is 1. The molecule has 1 amide bonds. The number of ether oxygens (including phenoxy) is 1. The van der Waals surface area contributed by atoms with Crippen molar-refractivity contribution >= 4 is 11.9 Å². The van der Waals surface area contributed by atoms with Gasteiger partial charge in [-0.05, 0) is 38.8 Å². The lowest BCUT2D eigenvalue weighted by atomic mass is 10.0. The molecule has 0 aromatic carbocycles. The van der Waals surface area contributed by atoms with E-state index in [1.54, 1.807) is 11.1 Å². The van der Waals surface area contributed by atoms with Gasteiger partial charge in [0, 0.05) is 19.2 Å². The van der Waals surface area contributed by atoms with Gasteiger partial charge >= 0.3 is 5.97 Å². The molecule has 0 N–H and O–H groups in total. The lowest BCUT2D eigenvalue weighted by Crippen LogP contribution is -2.33. The molecular formula is C18H24N2O3. The molecule has 2 rings (SSSR count). The molecule has 0 unspecified atom stereocenters. The molecule has 1 aromatic heterocycles. The molecule has 5 nitrogen and oxygen atoms in total. The van der Waals surface area contributed by atoms with Crippen LogP contribution in [0.3, 0.4) is 0 Å². The Morgan fingerprint density at radius 1 is 1.52 bits per heavy atom. The average molecular weight is 316 g/mol. The third-order valence-electron chi connectivity index (χ3n) is 3.95. The van der Waals surface area contributed by atoms with Gasteiger partial charge in [-0.3, -0.25) is 14.6 Å². The van der Waals surface area contributed by atoms with E-state index in [1.807, 2.05) is 38.1 Å². The predicted molar refractivity (Wildman–Crippen MR) is 87.4 cm³/mol.